The van der Waals surface area contributed by atoms with Crippen LogP contribution >= 0.6 is 23.2 Å². The number of phenols is 1. The Hall–Kier alpha value is -2.11. The quantitative estimate of drug-likeness (QED) is 0.802. The number of carbonyl (C=O) groups excluding carboxylic acids is 1. The SMILES string of the molecule is COC(=O)C(C)Oc1ccc(Oc2ccc(O)c(Cl)c2Cl)cc1. The third-order valence-electron chi connectivity index (χ3n) is 2.92. The number of methoxy groups -OCH3 is 1. The fourth-order valence-electron chi connectivity index (χ4n) is 1.73. The van der Waals surface area contributed by atoms with Crippen LogP contribution < -0.4 is 9.47 Å². The maximum absolute atomic E-state index is 11.3. The summed E-state index contributed by atoms with van der Waals surface area (Å²) in [5.74, 6) is 0.711. The standard InChI is InChI=1S/C16H14Cl2O5/c1-9(16(20)21-2)22-10-3-5-11(6-4-10)23-13-8-7-12(19)14(17)15(13)18/h3-9,19H,1-2H3. The van der Waals surface area contributed by atoms with Crippen LogP contribution in [0.4, 0.5) is 0 Å². The summed E-state index contributed by atoms with van der Waals surface area (Å²) < 4.78 is 15.6. The Labute approximate surface area is 143 Å². The number of aromatic hydroxyl groups is 1. The highest BCUT2D eigenvalue weighted by molar-refractivity contribution is 6.43. The van der Waals surface area contributed by atoms with Crippen LogP contribution in [0.3, 0.4) is 0 Å². The molecule has 0 spiro atoms. The molecule has 0 aliphatic heterocycles. The molecule has 0 radical (unpaired) electrons. The number of ether oxygens (including phenoxy) is 3. The van der Waals surface area contributed by atoms with Gasteiger partial charge in [0.2, 0.25) is 0 Å². The molecule has 2 rings (SSSR count). The molecule has 2 aromatic rings. The van der Waals surface area contributed by atoms with Gasteiger partial charge in [-0.25, -0.2) is 4.79 Å². The molecule has 2 aromatic carbocycles. The zero-order valence-electron chi connectivity index (χ0n) is 12.4. The second kappa shape index (κ2) is 7.44. The first kappa shape index (κ1) is 17.2. The van der Waals surface area contributed by atoms with Crippen LogP contribution in [-0.2, 0) is 9.53 Å². The third kappa shape index (κ3) is 4.21. The molecule has 1 N–H and O–H groups in total. The summed E-state index contributed by atoms with van der Waals surface area (Å²) in [6.07, 6.45) is -0.711. The number of halogens is 2. The molecule has 0 saturated heterocycles. The van der Waals surface area contributed by atoms with Crippen molar-refractivity contribution in [1.29, 1.82) is 0 Å². The summed E-state index contributed by atoms with van der Waals surface area (Å²) in [6.45, 7) is 1.59. The lowest BCUT2D eigenvalue weighted by molar-refractivity contribution is -0.147. The van der Waals surface area contributed by atoms with Crippen LogP contribution in [-0.4, -0.2) is 24.3 Å². The van der Waals surface area contributed by atoms with Gasteiger partial charge in [-0.1, -0.05) is 23.2 Å². The van der Waals surface area contributed by atoms with Gasteiger partial charge in [0.05, 0.1) is 7.11 Å². The second-order valence-electron chi connectivity index (χ2n) is 4.57. The summed E-state index contributed by atoms with van der Waals surface area (Å²) in [6, 6.07) is 9.48. The topological polar surface area (TPSA) is 65.0 Å². The van der Waals surface area contributed by atoms with E-state index in [2.05, 4.69) is 4.74 Å². The molecular weight excluding hydrogens is 343 g/mol. The molecular formula is C16H14Cl2O5. The Balaban J connectivity index is 2.09. The van der Waals surface area contributed by atoms with Crippen LogP contribution in [0.2, 0.25) is 10.0 Å². The minimum Gasteiger partial charge on any atom is -0.506 e. The number of hydrogen-bond acceptors (Lipinski definition) is 5. The van der Waals surface area contributed by atoms with Crippen LogP contribution in [0.1, 0.15) is 6.92 Å². The largest absolute Gasteiger partial charge is 0.506 e. The van der Waals surface area contributed by atoms with Crippen molar-refractivity contribution in [2.45, 2.75) is 13.0 Å². The first-order valence-electron chi connectivity index (χ1n) is 6.61. The molecule has 1 unspecified atom stereocenters. The van der Waals surface area contributed by atoms with Gasteiger partial charge in [-0.3, -0.25) is 0 Å². The van der Waals surface area contributed by atoms with Gasteiger partial charge in [0.15, 0.2) is 6.10 Å². The van der Waals surface area contributed by atoms with Crippen molar-refractivity contribution in [3.8, 4) is 23.0 Å². The van der Waals surface area contributed by atoms with Crippen molar-refractivity contribution >= 4 is 29.2 Å². The van der Waals surface area contributed by atoms with Crippen LogP contribution in [0, 0.1) is 0 Å². The molecule has 0 heterocycles. The Morgan fingerprint density at radius 3 is 2.26 bits per heavy atom. The van der Waals surface area contributed by atoms with Gasteiger partial charge in [-0.2, -0.15) is 0 Å². The molecule has 23 heavy (non-hydrogen) atoms. The van der Waals surface area contributed by atoms with Gasteiger partial charge in [-0.05, 0) is 43.3 Å². The van der Waals surface area contributed by atoms with E-state index in [0.717, 1.165) is 0 Å². The molecule has 0 bridgehead atoms. The van der Waals surface area contributed by atoms with Gasteiger partial charge in [-0.15, -0.1) is 0 Å². The Kier molecular flexibility index (Phi) is 5.58. The van der Waals surface area contributed by atoms with Crippen molar-refractivity contribution in [3.05, 3.63) is 46.4 Å². The summed E-state index contributed by atoms with van der Waals surface area (Å²) >= 11 is 11.9. The van der Waals surface area contributed by atoms with Gasteiger partial charge in [0.25, 0.3) is 0 Å². The third-order valence-corrected chi connectivity index (χ3v) is 3.78. The van der Waals surface area contributed by atoms with E-state index in [1.165, 1.54) is 19.2 Å². The van der Waals surface area contributed by atoms with E-state index in [4.69, 9.17) is 32.7 Å². The maximum atomic E-state index is 11.3. The highest BCUT2D eigenvalue weighted by Gasteiger charge is 2.15. The van der Waals surface area contributed by atoms with Crippen molar-refractivity contribution in [1.82, 2.24) is 0 Å². The van der Waals surface area contributed by atoms with E-state index >= 15 is 0 Å². The van der Waals surface area contributed by atoms with Gasteiger partial charge in [0.1, 0.15) is 33.0 Å². The predicted octanol–water partition coefficient (Wildman–Crippen LogP) is 4.43. The summed E-state index contributed by atoms with van der Waals surface area (Å²) in [5, 5.41) is 9.59. The van der Waals surface area contributed by atoms with E-state index in [0.29, 0.717) is 17.2 Å². The fraction of sp³-hybridized carbons (Fsp3) is 0.188. The van der Waals surface area contributed by atoms with Gasteiger partial charge < -0.3 is 19.3 Å². The summed E-state index contributed by atoms with van der Waals surface area (Å²) in [4.78, 5) is 11.3. The second-order valence-corrected chi connectivity index (χ2v) is 5.32. The highest BCUT2D eigenvalue weighted by atomic mass is 35.5. The molecule has 0 saturated carbocycles. The lowest BCUT2D eigenvalue weighted by Crippen LogP contribution is -2.24. The lowest BCUT2D eigenvalue weighted by atomic mass is 10.3. The summed E-state index contributed by atoms with van der Waals surface area (Å²) in [7, 11) is 1.30. The van der Waals surface area contributed by atoms with Crippen molar-refractivity contribution in [2.24, 2.45) is 0 Å². The molecule has 0 aromatic heterocycles. The first-order chi connectivity index (χ1) is 10.9. The van der Waals surface area contributed by atoms with Crippen molar-refractivity contribution in [3.63, 3.8) is 0 Å². The zero-order chi connectivity index (χ0) is 17.0. The minimum absolute atomic E-state index is 0.0241. The number of benzene rings is 2. The Morgan fingerprint density at radius 1 is 1.04 bits per heavy atom. The van der Waals surface area contributed by atoms with Crippen LogP contribution in [0.15, 0.2) is 36.4 Å². The molecule has 5 nitrogen and oxygen atoms in total. The number of rotatable bonds is 5. The average molecular weight is 357 g/mol. The van der Waals surface area contributed by atoms with Gasteiger partial charge >= 0.3 is 5.97 Å². The minimum atomic E-state index is -0.711. The smallest absolute Gasteiger partial charge is 0.346 e. The number of esters is 1. The van der Waals surface area contributed by atoms with Crippen LogP contribution in [0.25, 0.3) is 0 Å². The van der Waals surface area contributed by atoms with Crippen molar-refractivity contribution < 1.29 is 24.1 Å². The molecule has 7 heteroatoms. The van der Waals surface area contributed by atoms with Crippen molar-refractivity contribution in [2.75, 3.05) is 7.11 Å². The molecule has 0 aliphatic carbocycles. The molecule has 0 aliphatic rings. The van der Waals surface area contributed by atoms with E-state index in [1.54, 1.807) is 31.2 Å². The molecule has 0 amide bonds. The molecule has 1 atom stereocenters. The fourth-order valence-corrected chi connectivity index (χ4v) is 2.09. The number of carbonyl (C=O) groups is 1. The summed E-state index contributed by atoms with van der Waals surface area (Å²) in [5.41, 5.74) is 0. The Morgan fingerprint density at radius 2 is 1.65 bits per heavy atom. The van der Waals surface area contributed by atoms with E-state index < -0.39 is 12.1 Å². The molecule has 122 valence electrons. The van der Waals surface area contributed by atoms with E-state index in [1.807, 2.05) is 0 Å². The first-order valence-corrected chi connectivity index (χ1v) is 7.37. The average Bonchev–Trinajstić information content (AvgIpc) is 2.56. The highest BCUT2D eigenvalue weighted by Crippen LogP contribution is 2.40. The van der Waals surface area contributed by atoms with Crippen LogP contribution in [0.5, 0.6) is 23.0 Å². The van der Waals surface area contributed by atoms with E-state index in [9.17, 15) is 9.90 Å². The van der Waals surface area contributed by atoms with E-state index in [-0.39, 0.29) is 15.8 Å². The van der Waals surface area contributed by atoms with Gasteiger partial charge in [0, 0.05) is 0 Å². The Bertz CT molecular complexity index is 700. The predicted molar refractivity (Wildman–Crippen MR) is 86.7 cm³/mol. The monoisotopic (exact) mass is 356 g/mol. The lowest BCUT2D eigenvalue weighted by Gasteiger charge is -2.13. The zero-order valence-corrected chi connectivity index (χ0v) is 13.9. The maximum Gasteiger partial charge on any atom is 0.346 e. The normalized spacial score (nSPS) is 11.7. The number of hydrogen-bond donors (Lipinski definition) is 1. The molecule has 0 fully saturated rings. The number of phenolic OH excluding ortho intramolecular Hbond substituents is 1.